The molecule has 0 amide bonds. The molecule has 0 atom stereocenters. The van der Waals surface area contributed by atoms with Crippen molar-refractivity contribution in [2.45, 2.75) is 0 Å². The minimum atomic E-state index is 0. The quantitative estimate of drug-likeness (QED) is 0.789. The lowest BCUT2D eigenvalue weighted by molar-refractivity contribution is 0.479. The Morgan fingerprint density at radius 2 is 2.00 bits per heavy atom. The maximum Gasteiger partial charge on any atom is 0.141 e. The van der Waals surface area contributed by atoms with Crippen molar-refractivity contribution in [3.63, 3.8) is 0 Å². The molecule has 0 aliphatic heterocycles. The average Bonchev–Trinajstić information content (AvgIpc) is 2.07. The molecule has 13 heavy (non-hydrogen) atoms. The fraction of sp³-hybridized carbons (Fsp3) is 0. The molecular weight excluding hydrogens is 253 g/mol. The monoisotopic (exact) mass is 259 g/mol. The summed E-state index contributed by atoms with van der Waals surface area (Å²) in [5.41, 5.74) is 0. The SMILES string of the molecule is Cl.Oc1cncc2ccc(Br)cc12. The molecule has 0 saturated heterocycles. The Morgan fingerprint density at radius 3 is 2.77 bits per heavy atom. The summed E-state index contributed by atoms with van der Waals surface area (Å²) in [4.78, 5) is 3.88. The molecule has 0 saturated carbocycles. The molecule has 1 aromatic heterocycles. The van der Waals surface area contributed by atoms with Gasteiger partial charge < -0.3 is 5.11 Å². The van der Waals surface area contributed by atoms with E-state index in [9.17, 15) is 5.11 Å². The van der Waals surface area contributed by atoms with Gasteiger partial charge in [0.2, 0.25) is 0 Å². The molecule has 2 aromatic rings. The van der Waals surface area contributed by atoms with Crippen LogP contribution in [0.5, 0.6) is 5.75 Å². The number of hydrogen-bond donors (Lipinski definition) is 1. The Hall–Kier alpha value is -0.800. The van der Waals surface area contributed by atoms with Gasteiger partial charge in [-0.1, -0.05) is 22.0 Å². The van der Waals surface area contributed by atoms with Crippen molar-refractivity contribution < 1.29 is 5.11 Å². The average molecular weight is 261 g/mol. The molecule has 0 aliphatic rings. The summed E-state index contributed by atoms with van der Waals surface area (Å²) >= 11 is 3.34. The van der Waals surface area contributed by atoms with Crippen molar-refractivity contribution in [3.05, 3.63) is 35.1 Å². The van der Waals surface area contributed by atoms with Crippen LogP contribution in [-0.4, -0.2) is 10.1 Å². The summed E-state index contributed by atoms with van der Waals surface area (Å²) < 4.78 is 0.955. The zero-order valence-electron chi connectivity index (χ0n) is 6.57. The highest BCUT2D eigenvalue weighted by atomic mass is 79.9. The smallest absolute Gasteiger partial charge is 0.141 e. The lowest BCUT2D eigenvalue weighted by atomic mass is 10.2. The Morgan fingerprint density at radius 1 is 1.23 bits per heavy atom. The first-order valence-corrected chi connectivity index (χ1v) is 4.29. The van der Waals surface area contributed by atoms with Gasteiger partial charge in [-0.15, -0.1) is 12.4 Å². The maximum absolute atomic E-state index is 9.41. The van der Waals surface area contributed by atoms with E-state index in [-0.39, 0.29) is 18.2 Å². The van der Waals surface area contributed by atoms with Crippen molar-refractivity contribution in [1.82, 2.24) is 4.98 Å². The number of aromatic hydroxyl groups is 1. The van der Waals surface area contributed by atoms with E-state index in [1.54, 1.807) is 6.20 Å². The zero-order valence-corrected chi connectivity index (χ0v) is 8.97. The van der Waals surface area contributed by atoms with Gasteiger partial charge in [0.15, 0.2) is 0 Å². The van der Waals surface area contributed by atoms with Crippen LogP contribution in [0.1, 0.15) is 0 Å². The molecule has 4 heteroatoms. The third kappa shape index (κ3) is 1.92. The highest BCUT2D eigenvalue weighted by Crippen LogP contribution is 2.25. The molecule has 1 aromatic carbocycles. The molecule has 0 unspecified atom stereocenters. The van der Waals surface area contributed by atoms with Crippen LogP contribution in [0.25, 0.3) is 10.8 Å². The van der Waals surface area contributed by atoms with Crippen LogP contribution in [0.3, 0.4) is 0 Å². The fourth-order valence-corrected chi connectivity index (χ4v) is 1.48. The van der Waals surface area contributed by atoms with Crippen LogP contribution in [0.4, 0.5) is 0 Å². The summed E-state index contributed by atoms with van der Waals surface area (Å²) in [6.07, 6.45) is 3.16. The summed E-state index contributed by atoms with van der Waals surface area (Å²) in [6, 6.07) is 5.70. The van der Waals surface area contributed by atoms with Crippen molar-refractivity contribution in [1.29, 1.82) is 0 Å². The molecule has 0 bridgehead atoms. The third-order valence-corrected chi connectivity index (χ3v) is 2.19. The van der Waals surface area contributed by atoms with E-state index in [0.717, 1.165) is 15.2 Å². The minimum Gasteiger partial charge on any atom is -0.506 e. The molecular formula is C9H7BrClNO. The first-order valence-electron chi connectivity index (χ1n) is 3.49. The molecule has 1 N–H and O–H groups in total. The predicted molar refractivity (Wildman–Crippen MR) is 58.4 cm³/mol. The Bertz CT molecular complexity index is 433. The van der Waals surface area contributed by atoms with Crippen LogP contribution < -0.4 is 0 Å². The second-order valence-corrected chi connectivity index (χ2v) is 3.44. The van der Waals surface area contributed by atoms with Crippen molar-refractivity contribution in [3.8, 4) is 5.75 Å². The summed E-state index contributed by atoms with van der Waals surface area (Å²) in [5, 5.41) is 11.2. The van der Waals surface area contributed by atoms with Gasteiger partial charge in [-0.2, -0.15) is 0 Å². The maximum atomic E-state index is 9.41. The first kappa shape index (κ1) is 10.3. The molecule has 0 spiro atoms. The van der Waals surface area contributed by atoms with E-state index in [0.29, 0.717) is 0 Å². The van der Waals surface area contributed by atoms with E-state index < -0.39 is 0 Å². The zero-order chi connectivity index (χ0) is 8.55. The largest absolute Gasteiger partial charge is 0.506 e. The minimum absolute atomic E-state index is 0. The van der Waals surface area contributed by atoms with E-state index in [1.165, 1.54) is 6.20 Å². The van der Waals surface area contributed by atoms with E-state index in [4.69, 9.17) is 0 Å². The number of halogens is 2. The van der Waals surface area contributed by atoms with Crippen LogP contribution in [0.15, 0.2) is 35.1 Å². The normalized spacial score (nSPS) is 9.62. The van der Waals surface area contributed by atoms with Gasteiger partial charge >= 0.3 is 0 Å². The van der Waals surface area contributed by atoms with Crippen LogP contribution >= 0.6 is 28.3 Å². The van der Waals surface area contributed by atoms with Gasteiger partial charge in [0.05, 0.1) is 6.20 Å². The van der Waals surface area contributed by atoms with Gasteiger partial charge in [0.25, 0.3) is 0 Å². The van der Waals surface area contributed by atoms with Gasteiger partial charge in [-0.3, -0.25) is 4.98 Å². The molecule has 1 heterocycles. The summed E-state index contributed by atoms with van der Waals surface area (Å²) in [7, 11) is 0. The number of rotatable bonds is 0. The van der Waals surface area contributed by atoms with Gasteiger partial charge in [-0.25, -0.2) is 0 Å². The van der Waals surface area contributed by atoms with Crippen LogP contribution in [-0.2, 0) is 0 Å². The number of pyridine rings is 1. The van der Waals surface area contributed by atoms with Crippen molar-refractivity contribution in [2.75, 3.05) is 0 Å². The molecule has 2 rings (SSSR count). The second-order valence-electron chi connectivity index (χ2n) is 2.52. The third-order valence-electron chi connectivity index (χ3n) is 1.70. The fourth-order valence-electron chi connectivity index (χ4n) is 1.12. The Labute approximate surface area is 90.1 Å². The molecule has 2 nitrogen and oxygen atoms in total. The number of aromatic nitrogens is 1. The highest BCUT2D eigenvalue weighted by Gasteiger charge is 1.98. The lowest BCUT2D eigenvalue weighted by Crippen LogP contribution is -1.76. The summed E-state index contributed by atoms with van der Waals surface area (Å²) in [5.74, 6) is 0.216. The van der Waals surface area contributed by atoms with Crippen LogP contribution in [0.2, 0.25) is 0 Å². The van der Waals surface area contributed by atoms with E-state index >= 15 is 0 Å². The van der Waals surface area contributed by atoms with Crippen molar-refractivity contribution >= 4 is 39.1 Å². The predicted octanol–water partition coefficient (Wildman–Crippen LogP) is 3.12. The topological polar surface area (TPSA) is 33.1 Å². The highest BCUT2D eigenvalue weighted by molar-refractivity contribution is 9.10. The second kappa shape index (κ2) is 3.94. The first-order chi connectivity index (χ1) is 5.77. The molecule has 0 aliphatic carbocycles. The number of hydrogen-bond acceptors (Lipinski definition) is 2. The standard InChI is InChI=1S/C9H6BrNO.ClH/c10-7-2-1-6-4-11-5-9(12)8(6)3-7;/h1-5,12H;1H. The van der Waals surface area contributed by atoms with Gasteiger partial charge in [0.1, 0.15) is 5.75 Å². The van der Waals surface area contributed by atoms with E-state index in [1.807, 2.05) is 18.2 Å². The lowest BCUT2D eigenvalue weighted by Gasteiger charge is -1.99. The van der Waals surface area contributed by atoms with E-state index in [2.05, 4.69) is 20.9 Å². The molecule has 0 radical (unpaired) electrons. The van der Waals surface area contributed by atoms with Gasteiger partial charge in [0, 0.05) is 21.4 Å². The van der Waals surface area contributed by atoms with Gasteiger partial charge in [-0.05, 0) is 12.1 Å². The molecule has 68 valence electrons. The Balaban J connectivity index is 0.000000845. The molecule has 0 fully saturated rings. The number of fused-ring (bicyclic) bond motifs is 1. The summed E-state index contributed by atoms with van der Waals surface area (Å²) in [6.45, 7) is 0. The van der Waals surface area contributed by atoms with Crippen LogP contribution in [0, 0.1) is 0 Å². The number of benzene rings is 1. The number of nitrogens with zero attached hydrogens (tertiary/aromatic N) is 1. The Kier molecular flexibility index (Phi) is 3.12. The van der Waals surface area contributed by atoms with Crippen molar-refractivity contribution in [2.24, 2.45) is 0 Å².